The largest absolute Gasteiger partial charge is 0.573 e. The molecule has 8 heteroatoms. The van der Waals surface area contributed by atoms with Gasteiger partial charge < -0.3 is 4.74 Å². The summed E-state index contributed by atoms with van der Waals surface area (Å²) in [5.74, 6) is 0.236. The average Bonchev–Trinajstić information content (AvgIpc) is 2.80. The van der Waals surface area contributed by atoms with Crippen LogP contribution in [0.3, 0.4) is 0 Å². The first-order valence-corrected chi connectivity index (χ1v) is 6.56. The molecule has 0 fully saturated rings. The van der Waals surface area contributed by atoms with E-state index in [9.17, 15) is 13.2 Å². The normalized spacial score (nSPS) is 11.8. The molecule has 0 radical (unpaired) electrons. The first-order chi connectivity index (χ1) is 9.90. The van der Waals surface area contributed by atoms with Gasteiger partial charge in [0.25, 0.3) is 0 Å². The van der Waals surface area contributed by atoms with E-state index in [0.29, 0.717) is 17.0 Å². The Labute approximate surface area is 125 Å². The molecular weight excluding hydrogens is 351 g/mol. The van der Waals surface area contributed by atoms with Crippen LogP contribution in [-0.4, -0.2) is 20.7 Å². The van der Waals surface area contributed by atoms with Crippen molar-refractivity contribution in [3.8, 4) is 17.0 Å². The number of nitrogens with zero attached hydrogens (tertiary/aromatic N) is 3. The molecule has 0 spiro atoms. The molecule has 0 aliphatic rings. The maximum atomic E-state index is 12.1. The number of hydrogen-bond acceptors (Lipinski definition) is 3. The van der Waals surface area contributed by atoms with Crippen molar-refractivity contribution in [1.82, 2.24) is 14.4 Å². The SMILES string of the molecule is FC(F)(F)Oc1ccc(-c2cn3cc(Br)cnc3n2)cc1. The Bertz CT molecular complexity index is 783. The standard InChI is InChI=1S/C13H7BrF3N3O/c14-9-5-18-12-19-11(7-20(12)6-9)8-1-3-10(4-2-8)21-13(15,16)17/h1-7H. The van der Waals surface area contributed by atoms with Crippen LogP contribution in [0.1, 0.15) is 0 Å². The predicted octanol–water partition coefficient (Wildman–Crippen LogP) is 4.06. The fourth-order valence-electron chi connectivity index (χ4n) is 1.83. The molecule has 0 saturated carbocycles. The summed E-state index contributed by atoms with van der Waals surface area (Å²) in [4.78, 5) is 8.42. The van der Waals surface area contributed by atoms with Crippen LogP contribution in [0.25, 0.3) is 17.0 Å². The molecule has 2 aromatic heterocycles. The maximum absolute atomic E-state index is 12.1. The van der Waals surface area contributed by atoms with Crippen LogP contribution in [0.5, 0.6) is 5.75 Å². The van der Waals surface area contributed by atoms with Crippen molar-refractivity contribution >= 4 is 21.7 Å². The van der Waals surface area contributed by atoms with Crippen LogP contribution in [0.2, 0.25) is 0 Å². The zero-order chi connectivity index (χ0) is 15.0. The molecule has 4 nitrogen and oxygen atoms in total. The molecule has 0 bridgehead atoms. The fourth-order valence-corrected chi connectivity index (χ4v) is 2.15. The van der Waals surface area contributed by atoms with Gasteiger partial charge in [-0.1, -0.05) is 0 Å². The highest BCUT2D eigenvalue weighted by molar-refractivity contribution is 9.10. The summed E-state index contributed by atoms with van der Waals surface area (Å²) in [6.07, 6.45) is 0.458. The van der Waals surface area contributed by atoms with Crippen LogP contribution in [0, 0.1) is 0 Å². The van der Waals surface area contributed by atoms with E-state index in [1.54, 1.807) is 23.0 Å². The quantitative estimate of drug-likeness (QED) is 0.694. The van der Waals surface area contributed by atoms with Gasteiger partial charge >= 0.3 is 6.36 Å². The third kappa shape index (κ3) is 3.15. The average molecular weight is 358 g/mol. The van der Waals surface area contributed by atoms with E-state index in [4.69, 9.17) is 0 Å². The van der Waals surface area contributed by atoms with Gasteiger partial charge in [0.15, 0.2) is 0 Å². The van der Waals surface area contributed by atoms with Gasteiger partial charge in [-0.05, 0) is 40.2 Å². The lowest BCUT2D eigenvalue weighted by Crippen LogP contribution is -2.16. The Kier molecular flexibility index (Phi) is 3.32. The second-order valence-corrected chi connectivity index (χ2v) is 5.09. The van der Waals surface area contributed by atoms with E-state index in [-0.39, 0.29) is 5.75 Å². The minimum atomic E-state index is -4.69. The molecular formula is C13H7BrF3N3O. The summed E-state index contributed by atoms with van der Waals surface area (Å²) in [6.45, 7) is 0. The molecule has 1 aromatic carbocycles. The Morgan fingerprint density at radius 3 is 2.48 bits per heavy atom. The van der Waals surface area contributed by atoms with Crippen LogP contribution in [-0.2, 0) is 0 Å². The van der Waals surface area contributed by atoms with Crippen molar-refractivity contribution < 1.29 is 17.9 Å². The van der Waals surface area contributed by atoms with Gasteiger partial charge in [0, 0.05) is 24.2 Å². The number of imidazole rings is 1. The molecule has 3 rings (SSSR count). The topological polar surface area (TPSA) is 39.4 Å². The molecule has 21 heavy (non-hydrogen) atoms. The Morgan fingerprint density at radius 1 is 1.10 bits per heavy atom. The highest BCUT2D eigenvalue weighted by Crippen LogP contribution is 2.26. The van der Waals surface area contributed by atoms with Crippen molar-refractivity contribution in [2.45, 2.75) is 6.36 Å². The van der Waals surface area contributed by atoms with Crippen LogP contribution in [0.4, 0.5) is 13.2 Å². The highest BCUT2D eigenvalue weighted by atomic mass is 79.9. The van der Waals surface area contributed by atoms with E-state index in [2.05, 4.69) is 30.6 Å². The van der Waals surface area contributed by atoms with Crippen LogP contribution in [0.15, 0.2) is 47.3 Å². The molecule has 3 aromatic rings. The van der Waals surface area contributed by atoms with E-state index >= 15 is 0 Å². The summed E-state index contributed by atoms with van der Waals surface area (Å²) < 4.78 is 42.6. The third-order valence-electron chi connectivity index (χ3n) is 2.66. The summed E-state index contributed by atoms with van der Waals surface area (Å²) >= 11 is 3.30. The van der Waals surface area contributed by atoms with Gasteiger partial charge in [-0.25, -0.2) is 9.97 Å². The van der Waals surface area contributed by atoms with Crippen LogP contribution < -0.4 is 4.74 Å². The molecule has 0 amide bonds. The second-order valence-electron chi connectivity index (χ2n) is 4.18. The fraction of sp³-hybridized carbons (Fsp3) is 0.0769. The zero-order valence-electron chi connectivity index (χ0n) is 10.3. The lowest BCUT2D eigenvalue weighted by Gasteiger charge is -2.08. The highest BCUT2D eigenvalue weighted by Gasteiger charge is 2.30. The number of hydrogen-bond donors (Lipinski definition) is 0. The Morgan fingerprint density at radius 2 is 1.81 bits per heavy atom. The monoisotopic (exact) mass is 357 g/mol. The number of ether oxygens (including phenoxy) is 1. The Balaban J connectivity index is 1.91. The van der Waals surface area contributed by atoms with Gasteiger partial charge in [-0.2, -0.15) is 0 Å². The van der Waals surface area contributed by atoms with E-state index in [1.165, 1.54) is 24.3 Å². The molecule has 0 aliphatic heterocycles. The number of alkyl halides is 3. The lowest BCUT2D eigenvalue weighted by atomic mass is 10.2. The maximum Gasteiger partial charge on any atom is 0.573 e. The summed E-state index contributed by atoms with van der Waals surface area (Å²) in [6, 6.07) is 5.52. The van der Waals surface area contributed by atoms with Gasteiger partial charge in [0.2, 0.25) is 5.78 Å². The predicted molar refractivity (Wildman–Crippen MR) is 72.8 cm³/mol. The van der Waals surface area contributed by atoms with E-state index in [1.807, 2.05) is 0 Å². The van der Waals surface area contributed by atoms with Gasteiger partial charge in [-0.15, -0.1) is 13.2 Å². The van der Waals surface area contributed by atoms with Crippen molar-refractivity contribution in [3.63, 3.8) is 0 Å². The number of fused-ring (bicyclic) bond motifs is 1. The number of benzene rings is 1. The first kappa shape index (κ1) is 13.9. The minimum absolute atomic E-state index is 0.268. The third-order valence-corrected chi connectivity index (χ3v) is 3.07. The van der Waals surface area contributed by atoms with E-state index < -0.39 is 6.36 Å². The van der Waals surface area contributed by atoms with Gasteiger partial charge in [-0.3, -0.25) is 4.40 Å². The Hall–Kier alpha value is -2.09. The molecule has 0 N–H and O–H groups in total. The number of halogens is 4. The van der Waals surface area contributed by atoms with Crippen molar-refractivity contribution in [3.05, 3.63) is 47.3 Å². The zero-order valence-corrected chi connectivity index (χ0v) is 11.9. The van der Waals surface area contributed by atoms with Crippen molar-refractivity contribution in [1.29, 1.82) is 0 Å². The van der Waals surface area contributed by atoms with Gasteiger partial charge in [0.05, 0.1) is 10.2 Å². The minimum Gasteiger partial charge on any atom is -0.406 e. The summed E-state index contributed by atoms with van der Waals surface area (Å²) in [5, 5.41) is 0. The summed E-state index contributed by atoms with van der Waals surface area (Å²) in [7, 11) is 0. The molecule has 0 unspecified atom stereocenters. The molecule has 0 saturated heterocycles. The molecule has 2 heterocycles. The lowest BCUT2D eigenvalue weighted by molar-refractivity contribution is -0.274. The molecule has 0 atom stereocenters. The smallest absolute Gasteiger partial charge is 0.406 e. The number of aromatic nitrogens is 3. The van der Waals surface area contributed by atoms with Crippen LogP contribution >= 0.6 is 15.9 Å². The second kappa shape index (κ2) is 5.03. The van der Waals surface area contributed by atoms with Crippen molar-refractivity contribution in [2.75, 3.05) is 0 Å². The summed E-state index contributed by atoms with van der Waals surface area (Å²) in [5.41, 5.74) is 1.28. The first-order valence-electron chi connectivity index (χ1n) is 5.77. The van der Waals surface area contributed by atoms with Crippen molar-refractivity contribution in [2.24, 2.45) is 0 Å². The number of rotatable bonds is 2. The molecule has 0 aliphatic carbocycles. The molecule has 108 valence electrons. The van der Waals surface area contributed by atoms with E-state index in [0.717, 1.165) is 4.47 Å². The van der Waals surface area contributed by atoms with Gasteiger partial charge in [0.1, 0.15) is 5.75 Å².